The Morgan fingerprint density at radius 2 is 2.11 bits per heavy atom. The molecule has 0 fully saturated rings. The summed E-state index contributed by atoms with van der Waals surface area (Å²) in [6.07, 6.45) is 3.79. The lowest BCUT2D eigenvalue weighted by Crippen LogP contribution is -2.13. The molecule has 1 heterocycles. The molecule has 0 aliphatic rings. The van der Waals surface area contributed by atoms with Gasteiger partial charge in [-0.05, 0) is 18.1 Å². The van der Waals surface area contributed by atoms with Crippen molar-refractivity contribution in [1.29, 1.82) is 0 Å². The molecular formula is C14H19N3O. The first kappa shape index (κ1) is 12.8. The number of hydrogen-bond acceptors (Lipinski definition) is 3. The first-order chi connectivity index (χ1) is 8.79. The first-order valence-electron chi connectivity index (χ1n) is 6.17. The summed E-state index contributed by atoms with van der Waals surface area (Å²) < 4.78 is 1.75. The van der Waals surface area contributed by atoms with Crippen molar-refractivity contribution in [3.63, 3.8) is 0 Å². The maximum absolute atomic E-state index is 8.81. The molecule has 2 aromatic rings. The third-order valence-corrected chi connectivity index (χ3v) is 2.92. The summed E-state index contributed by atoms with van der Waals surface area (Å²) in [5.74, 6) is 0. The van der Waals surface area contributed by atoms with Gasteiger partial charge in [0, 0.05) is 24.8 Å². The van der Waals surface area contributed by atoms with E-state index >= 15 is 0 Å². The maximum Gasteiger partial charge on any atom is 0.0640 e. The molecule has 0 saturated carbocycles. The van der Waals surface area contributed by atoms with Gasteiger partial charge in [0.2, 0.25) is 0 Å². The number of benzene rings is 1. The second kappa shape index (κ2) is 6.33. The standard InChI is InChI=1S/C14H19N3O/c1-12-4-2-3-5-14(12)10-15-8-13-9-16-17(11-13)6-7-18/h2-5,9,11,15,18H,6-8,10H2,1H3. The Balaban J connectivity index is 1.83. The van der Waals surface area contributed by atoms with E-state index < -0.39 is 0 Å². The number of aliphatic hydroxyl groups is 1. The highest BCUT2D eigenvalue weighted by Crippen LogP contribution is 2.06. The molecule has 4 heteroatoms. The van der Waals surface area contributed by atoms with Crippen LogP contribution in [0.15, 0.2) is 36.7 Å². The van der Waals surface area contributed by atoms with Crippen molar-refractivity contribution in [3.05, 3.63) is 53.3 Å². The molecule has 2 rings (SSSR count). The van der Waals surface area contributed by atoms with Crippen LogP contribution in [0.2, 0.25) is 0 Å². The number of aromatic nitrogens is 2. The monoisotopic (exact) mass is 245 g/mol. The zero-order chi connectivity index (χ0) is 12.8. The minimum Gasteiger partial charge on any atom is -0.394 e. The van der Waals surface area contributed by atoms with Crippen molar-refractivity contribution in [3.8, 4) is 0 Å². The molecule has 2 N–H and O–H groups in total. The average Bonchev–Trinajstić information content (AvgIpc) is 2.80. The van der Waals surface area contributed by atoms with Crippen molar-refractivity contribution in [2.24, 2.45) is 0 Å². The van der Waals surface area contributed by atoms with Gasteiger partial charge in [-0.25, -0.2) is 0 Å². The number of nitrogens with one attached hydrogen (secondary N) is 1. The summed E-state index contributed by atoms with van der Waals surface area (Å²) in [5.41, 5.74) is 3.76. The van der Waals surface area contributed by atoms with Crippen molar-refractivity contribution >= 4 is 0 Å². The van der Waals surface area contributed by atoms with Crippen LogP contribution in [-0.2, 0) is 19.6 Å². The van der Waals surface area contributed by atoms with Crippen LogP contribution in [0.3, 0.4) is 0 Å². The van der Waals surface area contributed by atoms with Crippen LogP contribution in [0.4, 0.5) is 0 Å². The van der Waals surface area contributed by atoms with E-state index in [0.29, 0.717) is 6.54 Å². The quantitative estimate of drug-likeness (QED) is 0.810. The molecule has 0 atom stereocenters. The van der Waals surface area contributed by atoms with E-state index in [2.05, 4.69) is 41.6 Å². The predicted molar refractivity (Wildman–Crippen MR) is 71.0 cm³/mol. The fraction of sp³-hybridized carbons (Fsp3) is 0.357. The van der Waals surface area contributed by atoms with Crippen LogP contribution >= 0.6 is 0 Å². The molecule has 0 bridgehead atoms. The van der Waals surface area contributed by atoms with Crippen molar-refractivity contribution in [2.45, 2.75) is 26.6 Å². The minimum absolute atomic E-state index is 0.123. The molecule has 96 valence electrons. The molecule has 0 radical (unpaired) electrons. The number of hydrogen-bond donors (Lipinski definition) is 2. The van der Waals surface area contributed by atoms with Gasteiger partial charge in [-0.2, -0.15) is 5.10 Å². The summed E-state index contributed by atoms with van der Waals surface area (Å²) in [6, 6.07) is 8.37. The second-order valence-electron chi connectivity index (χ2n) is 4.37. The molecule has 0 aliphatic heterocycles. The Labute approximate surface area is 107 Å². The highest BCUT2D eigenvalue weighted by molar-refractivity contribution is 5.25. The third kappa shape index (κ3) is 3.42. The summed E-state index contributed by atoms with van der Waals surface area (Å²) in [7, 11) is 0. The Morgan fingerprint density at radius 3 is 2.89 bits per heavy atom. The van der Waals surface area contributed by atoms with Gasteiger partial charge in [-0.15, -0.1) is 0 Å². The van der Waals surface area contributed by atoms with E-state index in [9.17, 15) is 0 Å². The van der Waals surface area contributed by atoms with E-state index in [-0.39, 0.29) is 6.61 Å². The van der Waals surface area contributed by atoms with Crippen LogP contribution in [0.25, 0.3) is 0 Å². The topological polar surface area (TPSA) is 50.1 Å². The Kier molecular flexibility index (Phi) is 4.50. The summed E-state index contributed by atoms with van der Waals surface area (Å²) in [5, 5.41) is 16.4. The van der Waals surface area contributed by atoms with Crippen LogP contribution in [0.5, 0.6) is 0 Å². The van der Waals surface area contributed by atoms with Gasteiger partial charge in [0.15, 0.2) is 0 Å². The van der Waals surface area contributed by atoms with Crippen molar-refractivity contribution in [1.82, 2.24) is 15.1 Å². The molecule has 0 saturated heterocycles. The number of aryl methyl sites for hydroxylation is 1. The SMILES string of the molecule is Cc1ccccc1CNCc1cnn(CCO)c1. The van der Waals surface area contributed by atoms with E-state index in [1.54, 1.807) is 4.68 Å². The molecule has 18 heavy (non-hydrogen) atoms. The lowest BCUT2D eigenvalue weighted by Gasteiger charge is -2.06. The second-order valence-corrected chi connectivity index (χ2v) is 4.37. The van der Waals surface area contributed by atoms with Gasteiger partial charge in [0.05, 0.1) is 19.3 Å². The fourth-order valence-corrected chi connectivity index (χ4v) is 1.87. The average molecular weight is 245 g/mol. The summed E-state index contributed by atoms with van der Waals surface area (Å²) in [6.45, 7) is 4.45. The van der Waals surface area contributed by atoms with E-state index in [1.807, 2.05) is 12.4 Å². The lowest BCUT2D eigenvalue weighted by molar-refractivity contribution is 0.269. The van der Waals surface area contributed by atoms with Crippen LogP contribution in [-0.4, -0.2) is 21.5 Å². The van der Waals surface area contributed by atoms with Gasteiger partial charge in [-0.1, -0.05) is 24.3 Å². The van der Waals surface area contributed by atoms with Crippen molar-refractivity contribution < 1.29 is 5.11 Å². The summed E-state index contributed by atoms with van der Waals surface area (Å²) in [4.78, 5) is 0. The van der Waals surface area contributed by atoms with Gasteiger partial charge < -0.3 is 10.4 Å². The molecule has 0 spiro atoms. The highest BCUT2D eigenvalue weighted by Gasteiger charge is 1.99. The molecule has 0 amide bonds. The Bertz CT molecular complexity index is 493. The smallest absolute Gasteiger partial charge is 0.0640 e. The molecule has 0 unspecified atom stereocenters. The van der Waals surface area contributed by atoms with Crippen LogP contribution in [0.1, 0.15) is 16.7 Å². The summed E-state index contributed by atoms with van der Waals surface area (Å²) >= 11 is 0. The normalized spacial score (nSPS) is 10.8. The molecule has 1 aromatic heterocycles. The number of aliphatic hydroxyl groups excluding tert-OH is 1. The van der Waals surface area contributed by atoms with Crippen LogP contribution in [0, 0.1) is 6.92 Å². The van der Waals surface area contributed by atoms with Gasteiger partial charge >= 0.3 is 0 Å². The molecular weight excluding hydrogens is 226 g/mol. The largest absolute Gasteiger partial charge is 0.394 e. The van der Waals surface area contributed by atoms with Crippen LogP contribution < -0.4 is 5.32 Å². The molecule has 0 aliphatic carbocycles. The zero-order valence-corrected chi connectivity index (χ0v) is 10.6. The van der Waals surface area contributed by atoms with E-state index in [4.69, 9.17) is 5.11 Å². The number of nitrogens with zero attached hydrogens (tertiary/aromatic N) is 2. The molecule has 1 aromatic carbocycles. The molecule has 4 nitrogen and oxygen atoms in total. The lowest BCUT2D eigenvalue weighted by atomic mass is 10.1. The first-order valence-corrected chi connectivity index (χ1v) is 6.17. The van der Waals surface area contributed by atoms with Gasteiger partial charge in [0.1, 0.15) is 0 Å². The minimum atomic E-state index is 0.123. The van der Waals surface area contributed by atoms with Gasteiger partial charge in [0.25, 0.3) is 0 Å². The third-order valence-electron chi connectivity index (χ3n) is 2.92. The Hall–Kier alpha value is -1.65. The highest BCUT2D eigenvalue weighted by atomic mass is 16.3. The van der Waals surface area contributed by atoms with Gasteiger partial charge in [-0.3, -0.25) is 4.68 Å². The zero-order valence-electron chi connectivity index (χ0n) is 10.6. The fourth-order valence-electron chi connectivity index (χ4n) is 1.87. The predicted octanol–water partition coefficient (Wildman–Crippen LogP) is 1.47. The Morgan fingerprint density at radius 1 is 1.28 bits per heavy atom. The van der Waals surface area contributed by atoms with E-state index in [1.165, 1.54) is 11.1 Å². The maximum atomic E-state index is 8.81. The van der Waals surface area contributed by atoms with Crippen molar-refractivity contribution in [2.75, 3.05) is 6.61 Å². The number of rotatable bonds is 6. The van der Waals surface area contributed by atoms with E-state index in [0.717, 1.165) is 18.7 Å².